The van der Waals surface area contributed by atoms with Crippen LogP contribution < -0.4 is 21.4 Å². The van der Waals surface area contributed by atoms with Crippen molar-refractivity contribution < 1.29 is 9.36 Å². The molecule has 0 bridgehead atoms. The number of hydrogen-bond donors (Lipinski definition) is 3. The second kappa shape index (κ2) is 6.97. The van der Waals surface area contributed by atoms with Crippen molar-refractivity contribution in [1.29, 1.82) is 0 Å². The molecule has 3 aromatic rings. The standard InChI is InChI=1S/C16H17Cl2N7O/c1-3-25-10-6-8(17)4-5-9(10)24(2)11(25)7-21-16(26)12-14(19)23-15(20)13(18)22-12/h4-6H,3,7H2,1-2H3,(H4-,19,20,21,23,26)/p+1. The van der Waals surface area contributed by atoms with E-state index < -0.39 is 5.91 Å². The van der Waals surface area contributed by atoms with Crippen molar-refractivity contribution in [3.05, 3.63) is 39.9 Å². The Labute approximate surface area is 159 Å². The summed E-state index contributed by atoms with van der Waals surface area (Å²) in [6, 6.07) is 5.67. The summed E-state index contributed by atoms with van der Waals surface area (Å²) in [5.41, 5.74) is 13.2. The van der Waals surface area contributed by atoms with E-state index >= 15 is 0 Å². The smallest absolute Gasteiger partial charge is 0.276 e. The fraction of sp³-hybridized carbons (Fsp3) is 0.250. The monoisotopic (exact) mass is 394 g/mol. The van der Waals surface area contributed by atoms with Gasteiger partial charge in [-0.25, -0.2) is 19.1 Å². The Hall–Kier alpha value is -2.58. The lowest BCUT2D eigenvalue weighted by Crippen LogP contribution is -2.38. The molecular weight excluding hydrogens is 377 g/mol. The summed E-state index contributed by atoms with van der Waals surface area (Å²) in [5.74, 6) is 0.320. The van der Waals surface area contributed by atoms with Crippen LogP contribution in [0, 0.1) is 0 Å². The van der Waals surface area contributed by atoms with Gasteiger partial charge < -0.3 is 16.8 Å². The molecule has 10 heteroatoms. The van der Waals surface area contributed by atoms with Crippen LogP contribution in [0.4, 0.5) is 11.6 Å². The fourth-order valence-electron chi connectivity index (χ4n) is 2.87. The maximum absolute atomic E-state index is 12.4. The Morgan fingerprint density at radius 1 is 1.27 bits per heavy atom. The predicted molar refractivity (Wildman–Crippen MR) is 101 cm³/mol. The molecule has 5 N–H and O–H groups in total. The number of anilines is 2. The minimum Gasteiger partial charge on any atom is -0.382 e. The van der Waals surface area contributed by atoms with Crippen molar-refractivity contribution in [1.82, 2.24) is 19.9 Å². The van der Waals surface area contributed by atoms with Crippen LogP contribution in [0.25, 0.3) is 11.0 Å². The highest BCUT2D eigenvalue weighted by atomic mass is 35.5. The number of imidazole rings is 1. The molecule has 0 spiro atoms. The van der Waals surface area contributed by atoms with Crippen LogP contribution in [0.5, 0.6) is 0 Å². The molecule has 0 aliphatic heterocycles. The summed E-state index contributed by atoms with van der Waals surface area (Å²) in [7, 11) is 1.93. The Balaban J connectivity index is 1.91. The second-order valence-corrected chi connectivity index (χ2v) is 6.46. The summed E-state index contributed by atoms with van der Waals surface area (Å²) < 4.78 is 4.08. The Morgan fingerprint density at radius 3 is 2.69 bits per heavy atom. The first kappa shape index (κ1) is 18.2. The van der Waals surface area contributed by atoms with Gasteiger partial charge in [0.2, 0.25) is 0 Å². The third-order valence-electron chi connectivity index (χ3n) is 4.13. The Bertz CT molecular complexity index is 1020. The summed E-state index contributed by atoms with van der Waals surface area (Å²) >= 11 is 12.0. The van der Waals surface area contributed by atoms with Gasteiger partial charge in [-0.3, -0.25) is 4.79 Å². The van der Waals surface area contributed by atoms with Gasteiger partial charge in [0, 0.05) is 11.1 Å². The molecule has 0 aliphatic rings. The third-order valence-corrected chi connectivity index (χ3v) is 4.64. The number of halogens is 2. The van der Waals surface area contributed by atoms with Crippen molar-refractivity contribution in [3.8, 4) is 0 Å². The SMILES string of the molecule is CCn1c(CNC(=O)c2nc(Cl)c(N)nc2N)[n+](C)c2ccc(Cl)cc21. The molecule has 2 aromatic heterocycles. The first-order valence-corrected chi connectivity index (χ1v) is 8.62. The number of rotatable bonds is 4. The number of fused-ring (bicyclic) bond motifs is 1. The van der Waals surface area contributed by atoms with Crippen LogP contribution in [0.2, 0.25) is 10.2 Å². The molecule has 0 atom stereocenters. The molecule has 0 fully saturated rings. The average Bonchev–Trinajstić information content (AvgIpc) is 2.86. The van der Waals surface area contributed by atoms with Crippen molar-refractivity contribution in [2.45, 2.75) is 20.0 Å². The van der Waals surface area contributed by atoms with Gasteiger partial charge in [0.25, 0.3) is 11.7 Å². The minimum atomic E-state index is -0.483. The Morgan fingerprint density at radius 2 is 2.00 bits per heavy atom. The lowest BCUT2D eigenvalue weighted by atomic mass is 10.3. The molecule has 1 amide bonds. The highest BCUT2D eigenvalue weighted by Gasteiger charge is 2.23. The maximum Gasteiger partial charge on any atom is 0.276 e. The van der Waals surface area contributed by atoms with Gasteiger partial charge >= 0.3 is 0 Å². The number of nitrogens with one attached hydrogen (secondary N) is 1. The van der Waals surface area contributed by atoms with Gasteiger partial charge in [0.15, 0.2) is 33.5 Å². The van der Waals surface area contributed by atoms with Gasteiger partial charge in [-0.2, -0.15) is 0 Å². The van der Waals surface area contributed by atoms with Crippen molar-refractivity contribution in [3.63, 3.8) is 0 Å². The van der Waals surface area contributed by atoms with E-state index in [1.807, 2.05) is 36.7 Å². The fourth-order valence-corrected chi connectivity index (χ4v) is 3.17. The van der Waals surface area contributed by atoms with E-state index in [1.54, 1.807) is 0 Å². The van der Waals surface area contributed by atoms with Crippen molar-refractivity contribution >= 4 is 51.8 Å². The molecule has 0 unspecified atom stereocenters. The van der Waals surface area contributed by atoms with Gasteiger partial charge in [0.05, 0.1) is 13.6 Å². The van der Waals surface area contributed by atoms with E-state index in [9.17, 15) is 4.79 Å². The number of aryl methyl sites for hydroxylation is 2. The van der Waals surface area contributed by atoms with Crippen LogP contribution in [0.15, 0.2) is 18.2 Å². The number of nitrogens with zero attached hydrogens (tertiary/aromatic N) is 4. The topological polar surface area (TPSA) is 116 Å². The largest absolute Gasteiger partial charge is 0.382 e. The van der Waals surface area contributed by atoms with E-state index in [0.717, 1.165) is 23.4 Å². The molecule has 0 saturated carbocycles. The van der Waals surface area contributed by atoms with Crippen molar-refractivity contribution in [2.24, 2.45) is 7.05 Å². The van der Waals surface area contributed by atoms with Crippen LogP contribution in [0.1, 0.15) is 23.2 Å². The lowest BCUT2D eigenvalue weighted by molar-refractivity contribution is -0.654. The van der Waals surface area contributed by atoms with Gasteiger partial charge in [-0.1, -0.05) is 23.2 Å². The molecule has 8 nitrogen and oxygen atoms in total. The van der Waals surface area contributed by atoms with E-state index in [2.05, 4.69) is 19.9 Å². The number of nitrogen functional groups attached to an aromatic ring is 2. The van der Waals surface area contributed by atoms with E-state index in [1.165, 1.54) is 0 Å². The summed E-state index contributed by atoms with van der Waals surface area (Å²) in [4.78, 5) is 20.2. The van der Waals surface area contributed by atoms with E-state index in [4.69, 9.17) is 34.7 Å². The second-order valence-electron chi connectivity index (χ2n) is 5.67. The average molecular weight is 395 g/mol. The maximum atomic E-state index is 12.4. The zero-order chi connectivity index (χ0) is 19.0. The first-order chi connectivity index (χ1) is 12.3. The molecule has 0 aliphatic carbocycles. The molecular formula is C16H18Cl2N7O+. The highest BCUT2D eigenvalue weighted by Crippen LogP contribution is 2.20. The quantitative estimate of drug-likeness (QED) is 0.582. The summed E-state index contributed by atoms with van der Waals surface area (Å²) in [6.07, 6.45) is 0. The molecule has 1 aromatic carbocycles. The highest BCUT2D eigenvalue weighted by molar-refractivity contribution is 6.32. The lowest BCUT2D eigenvalue weighted by Gasteiger charge is -2.07. The molecule has 26 heavy (non-hydrogen) atoms. The number of carbonyl (C=O) groups excluding carboxylic acids is 1. The summed E-state index contributed by atoms with van der Waals surface area (Å²) in [5, 5.41) is 3.39. The molecule has 136 valence electrons. The zero-order valence-corrected chi connectivity index (χ0v) is 15.8. The summed E-state index contributed by atoms with van der Waals surface area (Å²) in [6.45, 7) is 3.01. The molecule has 2 heterocycles. The number of carbonyl (C=O) groups is 1. The van der Waals surface area contributed by atoms with Crippen LogP contribution in [0.3, 0.4) is 0 Å². The number of aromatic nitrogens is 4. The number of amides is 1. The number of nitrogens with two attached hydrogens (primary N) is 2. The van der Waals surface area contributed by atoms with Gasteiger partial charge in [0.1, 0.15) is 6.54 Å². The van der Waals surface area contributed by atoms with Crippen LogP contribution in [-0.4, -0.2) is 20.4 Å². The van der Waals surface area contributed by atoms with E-state index in [-0.39, 0.29) is 29.0 Å². The van der Waals surface area contributed by atoms with Crippen LogP contribution in [-0.2, 0) is 20.1 Å². The first-order valence-electron chi connectivity index (χ1n) is 7.86. The predicted octanol–water partition coefficient (Wildman–Crippen LogP) is 1.68. The van der Waals surface area contributed by atoms with E-state index in [0.29, 0.717) is 5.02 Å². The minimum absolute atomic E-state index is 0.0184. The molecule has 0 saturated heterocycles. The van der Waals surface area contributed by atoms with Gasteiger partial charge in [-0.15, -0.1) is 0 Å². The van der Waals surface area contributed by atoms with Gasteiger partial charge in [-0.05, 0) is 19.1 Å². The number of benzene rings is 1. The zero-order valence-electron chi connectivity index (χ0n) is 14.3. The third kappa shape index (κ3) is 3.13. The Kier molecular flexibility index (Phi) is 4.88. The molecule has 3 rings (SSSR count). The normalized spacial score (nSPS) is 11.1. The number of hydrogen-bond acceptors (Lipinski definition) is 5. The molecule has 0 radical (unpaired) electrons. The van der Waals surface area contributed by atoms with Crippen LogP contribution >= 0.6 is 23.2 Å². The van der Waals surface area contributed by atoms with Crippen molar-refractivity contribution in [2.75, 3.05) is 11.5 Å².